The molecule has 3 heterocycles. The van der Waals surface area contributed by atoms with E-state index in [1.165, 1.54) is 6.92 Å². The van der Waals surface area contributed by atoms with E-state index < -0.39 is 51.6 Å². The zero-order valence-electron chi connectivity index (χ0n) is 17.9. The molecular weight excluding hydrogens is 620 g/mol. The van der Waals surface area contributed by atoms with E-state index in [2.05, 4.69) is 25.6 Å². The lowest BCUT2D eigenvalue weighted by molar-refractivity contribution is -0.161. The van der Waals surface area contributed by atoms with Crippen molar-refractivity contribution in [3.05, 3.63) is 44.6 Å². The van der Waals surface area contributed by atoms with Crippen molar-refractivity contribution in [3.8, 4) is 11.7 Å². The minimum Gasteiger partial charge on any atom is -0.453 e. The number of nitrogens with zero attached hydrogens (tertiary/aromatic N) is 5. The van der Waals surface area contributed by atoms with E-state index in [9.17, 15) is 27.2 Å². The number of pyridine rings is 1. The van der Waals surface area contributed by atoms with Gasteiger partial charge in [0.15, 0.2) is 22.6 Å². The number of ether oxygens (including phenoxy) is 1. The molecule has 0 aromatic carbocycles. The summed E-state index contributed by atoms with van der Waals surface area (Å²) >= 11 is 6.77. The predicted octanol–water partition coefficient (Wildman–Crippen LogP) is 4.09. The van der Waals surface area contributed by atoms with Gasteiger partial charge >= 0.3 is 11.9 Å². The maximum absolute atomic E-state index is 15.0. The largest absolute Gasteiger partial charge is 0.453 e. The highest BCUT2D eigenvalue weighted by Gasteiger charge is 2.41. The summed E-state index contributed by atoms with van der Waals surface area (Å²) in [5.41, 5.74) is -1.40. The molecule has 190 valence electrons. The quantitative estimate of drug-likeness (QED) is 0.219. The van der Waals surface area contributed by atoms with E-state index in [0.717, 1.165) is 27.2 Å². The zero-order chi connectivity index (χ0) is 26.1. The molecule has 3 aromatic heterocycles. The summed E-state index contributed by atoms with van der Waals surface area (Å²) in [6.45, 7) is 2.09. The molecule has 0 bridgehead atoms. The van der Waals surface area contributed by atoms with Gasteiger partial charge < -0.3 is 10.1 Å². The van der Waals surface area contributed by atoms with Gasteiger partial charge in [0.1, 0.15) is 17.9 Å². The SMILES string of the molecule is CCCn1c(CF)nn(-c2nc(O[C@@H](I)C(F)(F)F)c(C(=O)Nc3c(Cl)n[nH]c3C)cc2F)c1=O. The number of amides is 1. The molecule has 0 spiro atoms. The molecule has 0 saturated carbocycles. The molecule has 0 fully saturated rings. The van der Waals surface area contributed by atoms with Crippen molar-refractivity contribution in [3.63, 3.8) is 0 Å². The van der Waals surface area contributed by atoms with Crippen molar-refractivity contribution in [2.75, 3.05) is 5.32 Å². The summed E-state index contributed by atoms with van der Waals surface area (Å²) in [6, 6.07) is 0.524. The van der Waals surface area contributed by atoms with Crippen LogP contribution in [0.2, 0.25) is 5.15 Å². The molecule has 0 aliphatic rings. The lowest BCUT2D eigenvalue weighted by Gasteiger charge is -2.18. The summed E-state index contributed by atoms with van der Waals surface area (Å²) in [7, 11) is 0. The zero-order valence-corrected chi connectivity index (χ0v) is 20.8. The number of rotatable bonds is 8. The molecule has 35 heavy (non-hydrogen) atoms. The van der Waals surface area contributed by atoms with Crippen LogP contribution in [0.4, 0.5) is 27.6 Å². The van der Waals surface area contributed by atoms with E-state index >= 15 is 4.39 Å². The Kier molecular flexibility index (Phi) is 8.03. The van der Waals surface area contributed by atoms with Crippen LogP contribution >= 0.6 is 34.2 Å². The second-order valence-corrected chi connectivity index (χ2v) is 8.48. The van der Waals surface area contributed by atoms with Crippen molar-refractivity contribution < 1.29 is 31.5 Å². The van der Waals surface area contributed by atoms with Gasteiger partial charge in [0.2, 0.25) is 9.99 Å². The standard InChI is InChI=1S/C18H16ClF5IN7O3/c1-3-4-31-10(6-20)30-32(17(31)34)13-9(21)5-8(15(27-13)35-16(25)18(22,23)24)14(33)26-11-7(2)28-29-12(11)19/h5,16H,3-4,6H2,1-2H3,(H,26,33)(H,28,29)/t16-/m1/s1. The van der Waals surface area contributed by atoms with E-state index in [4.69, 9.17) is 16.3 Å². The molecule has 2 N–H and O–H groups in total. The van der Waals surface area contributed by atoms with Crippen molar-refractivity contribution in [1.82, 2.24) is 29.5 Å². The summed E-state index contributed by atoms with van der Waals surface area (Å²) in [5, 5.41) is 12.0. The van der Waals surface area contributed by atoms with Crippen LogP contribution < -0.4 is 15.7 Å². The van der Waals surface area contributed by atoms with Crippen molar-refractivity contribution in [1.29, 1.82) is 0 Å². The summed E-state index contributed by atoms with van der Waals surface area (Å²) in [5.74, 6) is -4.60. The molecule has 0 saturated heterocycles. The highest BCUT2D eigenvalue weighted by molar-refractivity contribution is 14.1. The van der Waals surface area contributed by atoms with Gasteiger partial charge in [-0.2, -0.15) is 27.9 Å². The molecule has 3 aromatic rings. The molecule has 17 heteroatoms. The van der Waals surface area contributed by atoms with Crippen molar-refractivity contribution >= 4 is 45.8 Å². The number of nitrogens with one attached hydrogen (secondary N) is 2. The van der Waals surface area contributed by atoms with Gasteiger partial charge in [0.05, 0.1) is 5.69 Å². The Morgan fingerprint density at radius 3 is 2.63 bits per heavy atom. The topological polar surface area (TPSA) is 120 Å². The molecule has 3 rings (SSSR count). The van der Waals surface area contributed by atoms with Crippen LogP contribution in [0, 0.1) is 12.7 Å². The Morgan fingerprint density at radius 1 is 1.40 bits per heavy atom. The van der Waals surface area contributed by atoms with E-state index in [-0.39, 0.29) is 23.2 Å². The molecule has 0 aliphatic carbocycles. The maximum Gasteiger partial charge on any atom is 0.434 e. The van der Waals surface area contributed by atoms with Gasteiger partial charge in [-0.1, -0.05) is 18.5 Å². The van der Waals surface area contributed by atoms with Crippen LogP contribution in [0.15, 0.2) is 10.9 Å². The summed E-state index contributed by atoms with van der Waals surface area (Å²) in [4.78, 5) is 29.1. The Balaban J connectivity index is 2.15. The Bertz CT molecular complexity index is 1290. The summed E-state index contributed by atoms with van der Waals surface area (Å²) < 4.78 is 71.5. The molecule has 1 atom stereocenters. The van der Waals surface area contributed by atoms with Gasteiger partial charge in [0.25, 0.3) is 5.91 Å². The van der Waals surface area contributed by atoms with E-state index in [0.29, 0.717) is 22.9 Å². The number of halogens is 7. The van der Waals surface area contributed by atoms with Crippen LogP contribution in [0.5, 0.6) is 5.88 Å². The van der Waals surface area contributed by atoms with Gasteiger partial charge in [0, 0.05) is 6.54 Å². The lowest BCUT2D eigenvalue weighted by Crippen LogP contribution is -2.30. The average Bonchev–Trinajstić information content (AvgIpc) is 3.27. The molecular formula is C18H16ClF5IN7O3. The number of anilines is 1. The third kappa shape index (κ3) is 5.57. The van der Waals surface area contributed by atoms with E-state index in [1.807, 2.05) is 0 Å². The monoisotopic (exact) mass is 635 g/mol. The molecule has 1 amide bonds. The number of aromatic nitrogens is 6. The van der Waals surface area contributed by atoms with Gasteiger partial charge in [-0.15, -0.1) is 5.10 Å². The molecule has 0 unspecified atom stereocenters. The number of H-pyrrole nitrogens is 1. The minimum atomic E-state index is -4.88. The molecule has 0 aliphatic heterocycles. The first-order chi connectivity index (χ1) is 16.4. The van der Waals surface area contributed by atoms with Crippen LogP contribution in [0.25, 0.3) is 5.82 Å². The van der Waals surface area contributed by atoms with Gasteiger partial charge in [-0.05, 0) is 42.0 Å². The first-order valence-corrected chi connectivity index (χ1v) is 11.4. The van der Waals surface area contributed by atoms with Crippen LogP contribution in [0.3, 0.4) is 0 Å². The van der Waals surface area contributed by atoms with Crippen molar-refractivity contribution in [2.45, 2.75) is 43.8 Å². The first kappa shape index (κ1) is 26.8. The first-order valence-electron chi connectivity index (χ1n) is 9.73. The number of aromatic amines is 1. The third-order valence-electron chi connectivity index (χ3n) is 4.49. The maximum atomic E-state index is 15.0. The highest BCUT2D eigenvalue weighted by atomic mass is 127. The fraction of sp³-hybridized carbons (Fsp3) is 0.389. The Labute approximate surface area is 211 Å². The van der Waals surface area contributed by atoms with E-state index in [1.54, 1.807) is 6.92 Å². The number of alkyl halides is 5. The Hall–Kier alpha value is -2.76. The van der Waals surface area contributed by atoms with Crippen molar-refractivity contribution in [2.24, 2.45) is 0 Å². The van der Waals surface area contributed by atoms with Gasteiger partial charge in [-0.3, -0.25) is 14.5 Å². The number of hydrogen-bond donors (Lipinski definition) is 2. The second-order valence-electron chi connectivity index (χ2n) is 6.99. The third-order valence-corrected chi connectivity index (χ3v) is 5.72. The lowest BCUT2D eigenvalue weighted by atomic mass is 10.2. The van der Waals surface area contributed by atoms with Crippen LogP contribution in [-0.2, 0) is 13.2 Å². The number of carbonyl (C=O) groups is 1. The second kappa shape index (κ2) is 10.5. The summed E-state index contributed by atoms with van der Waals surface area (Å²) in [6.07, 6.45) is -4.46. The fourth-order valence-corrected chi connectivity index (χ4v) is 3.35. The Morgan fingerprint density at radius 2 is 2.09 bits per heavy atom. The average molecular weight is 636 g/mol. The minimum absolute atomic E-state index is 0.00365. The predicted molar refractivity (Wildman–Crippen MR) is 121 cm³/mol. The number of hydrogen-bond acceptors (Lipinski definition) is 6. The number of carbonyl (C=O) groups excluding carboxylic acids is 1. The normalized spacial score (nSPS) is 12.6. The van der Waals surface area contributed by atoms with Gasteiger partial charge in [-0.25, -0.2) is 13.6 Å². The molecule has 10 nitrogen and oxygen atoms in total. The highest BCUT2D eigenvalue weighted by Crippen LogP contribution is 2.32. The molecule has 0 radical (unpaired) electrons. The smallest absolute Gasteiger partial charge is 0.434 e. The van der Waals surface area contributed by atoms with Crippen LogP contribution in [0.1, 0.15) is 35.2 Å². The van der Waals surface area contributed by atoms with Crippen LogP contribution in [-0.4, -0.2) is 45.7 Å². The fourth-order valence-electron chi connectivity index (χ4n) is 2.88. The number of aryl methyl sites for hydroxylation is 1.